The molecule has 1 atom stereocenters. The van der Waals surface area contributed by atoms with Crippen molar-refractivity contribution in [3.05, 3.63) is 21.9 Å². The molecule has 1 unspecified atom stereocenters. The van der Waals surface area contributed by atoms with Gasteiger partial charge in [0.1, 0.15) is 10.9 Å². The minimum atomic E-state index is 0.672. The summed E-state index contributed by atoms with van der Waals surface area (Å²) in [7, 11) is 0. The third-order valence-electron chi connectivity index (χ3n) is 3.55. The first-order chi connectivity index (χ1) is 8.69. The molecule has 0 radical (unpaired) electrons. The van der Waals surface area contributed by atoms with Crippen molar-refractivity contribution in [3.63, 3.8) is 0 Å². The maximum absolute atomic E-state index is 8.76. The number of nitriles is 1. The normalized spacial score (nSPS) is 20.4. The zero-order valence-electron chi connectivity index (χ0n) is 11.1. The molecule has 1 aromatic rings. The lowest BCUT2D eigenvalue weighted by atomic mass is 10.1. The lowest BCUT2D eigenvalue weighted by Crippen LogP contribution is -2.30. The summed E-state index contributed by atoms with van der Waals surface area (Å²) in [6, 6.07) is 6.80. The van der Waals surface area contributed by atoms with E-state index in [2.05, 4.69) is 30.1 Å². The SMILES string of the molecule is CC(C)N1CCC(CNCc2ccc(C#N)s2)C1. The zero-order chi connectivity index (χ0) is 13.0. The van der Waals surface area contributed by atoms with E-state index in [1.54, 1.807) is 11.3 Å². The van der Waals surface area contributed by atoms with E-state index in [9.17, 15) is 0 Å². The van der Waals surface area contributed by atoms with Gasteiger partial charge in [0.2, 0.25) is 0 Å². The fourth-order valence-electron chi connectivity index (χ4n) is 2.43. The Morgan fingerprint density at radius 1 is 1.56 bits per heavy atom. The van der Waals surface area contributed by atoms with Crippen LogP contribution < -0.4 is 5.32 Å². The van der Waals surface area contributed by atoms with Gasteiger partial charge in [0.25, 0.3) is 0 Å². The fraction of sp³-hybridized carbons (Fsp3) is 0.643. The van der Waals surface area contributed by atoms with Crippen LogP contribution in [0.25, 0.3) is 0 Å². The standard InChI is InChI=1S/C14H21N3S/c1-11(2)17-6-5-12(10-17)8-16-9-14-4-3-13(7-15)18-14/h3-4,11-12,16H,5-6,8-10H2,1-2H3. The monoisotopic (exact) mass is 263 g/mol. The van der Waals surface area contributed by atoms with E-state index in [4.69, 9.17) is 5.26 Å². The van der Waals surface area contributed by atoms with Gasteiger partial charge < -0.3 is 10.2 Å². The van der Waals surface area contributed by atoms with Crippen molar-refractivity contribution in [1.29, 1.82) is 5.26 Å². The summed E-state index contributed by atoms with van der Waals surface area (Å²) in [5.41, 5.74) is 0. The van der Waals surface area contributed by atoms with E-state index in [1.165, 1.54) is 24.4 Å². The molecule has 1 saturated heterocycles. The fourth-order valence-corrected chi connectivity index (χ4v) is 3.21. The Balaban J connectivity index is 1.69. The predicted molar refractivity (Wildman–Crippen MR) is 75.6 cm³/mol. The van der Waals surface area contributed by atoms with Crippen LogP contribution in [-0.2, 0) is 6.54 Å². The van der Waals surface area contributed by atoms with Crippen molar-refractivity contribution in [2.24, 2.45) is 5.92 Å². The average Bonchev–Trinajstić information content (AvgIpc) is 2.97. The van der Waals surface area contributed by atoms with Gasteiger partial charge in [0.15, 0.2) is 0 Å². The number of thiophene rings is 1. The van der Waals surface area contributed by atoms with Crippen LogP contribution in [0.5, 0.6) is 0 Å². The highest BCUT2D eigenvalue weighted by atomic mass is 32.1. The van der Waals surface area contributed by atoms with Crippen LogP contribution in [0.2, 0.25) is 0 Å². The van der Waals surface area contributed by atoms with Crippen molar-refractivity contribution < 1.29 is 0 Å². The van der Waals surface area contributed by atoms with Gasteiger partial charge in [0, 0.05) is 24.0 Å². The molecule has 18 heavy (non-hydrogen) atoms. The molecule has 1 aliphatic rings. The van der Waals surface area contributed by atoms with Gasteiger partial charge in [-0.15, -0.1) is 11.3 Å². The Labute approximate surface area is 113 Å². The van der Waals surface area contributed by atoms with Crippen LogP contribution >= 0.6 is 11.3 Å². The number of hydrogen-bond donors (Lipinski definition) is 1. The van der Waals surface area contributed by atoms with E-state index >= 15 is 0 Å². The van der Waals surface area contributed by atoms with Gasteiger partial charge in [-0.1, -0.05) is 0 Å². The van der Waals surface area contributed by atoms with E-state index in [0.29, 0.717) is 6.04 Å². The Bertz CT molecular complexity index is 419. The van der Waals surface area contributed by atoms with Crippen LogP contribution in [-0.4, -0.2) is 30.6 Å². The summed E-state index contributed by atoms with van der Waals surface area (Å²) in [4.78, 5) is 4.61. The first kappa shape index (κ1) is 13.5. The highest BCUT2D eigenvalue weighted by molar-refractivity contribution is 7.12. The molecule has 0 bridgehead atoms. The van der Waals surface area contributed by atoms with Crippen LogP contribution in [0.1, 0.15) is 30.0 Å². The van der Waals surface area contributed by atoms with Crippen molar-refractivity contribution in [2.75, 3.05) is 19.6 Å². The largest absolute Gasteiger partial charge is 0.312 e. The molecule has 98 valence electrons. The molecule has 1 aliphatic heterocycles. The van der Waals surface area contributed by atoms with Crippen LogP contribution in [0.15, 0.2) is 12.1 Å². The summed E-state index contributed by atoms with van der Waals surface area (Å²) >= 11 is 1.59. The quantitative estimate of drug-likeness (QED) is 0.887. The predicted octanol–water partition coefficient (Wildman–Crippen LogP) is 2.44. The molecule has 1 fully saturated rings. The smallest absolute Gasteiger partial charge is 0.110 e. The van der Waals surface area contributed by atoms with E-state index < -0.39 is 0 Å². The molecule has 4 heteroatoms. The number of nitrogens with zero attached hydrogens (tertiary/aromatic N) is 2. The van der Waals surface area contributed by atoms with Gasteiger partial charge in [-0.3, -0.25) is 0 Å². The first-order valence-corrected chi connectivity index (χ1v) is 7.44. The third kappa shape index (κ3) is 3.55. The summed E-state index contributed by atoms with van der Waals surface area (Å²) in [5, 5.41) is 12.3. The number of likely N-dealkylation sites (tertiary alicyclic amines) is 1. The van der Waals surface area contributed by atoms with Gasteiger partial charge in [-0.2, -0.15) is 5.26 Å². The van der Waals surface area contributed by atoms with Crippen LogP contribution in [0.4, 0.5) is 0 Å². The summed E-state index contributed by atoms with van der Waals surface area (Å²) in [6.45, 7) is 8.98. The van der Waals surface area contributed by atoms with Crippen LogP contribution in [0, 0.1) is 17.2 Å². The minimum absolute atomic E-state index is 0.672. The molecule has 0 aliphatic carbocycles. The van der Waals surface area contributed by atoms with Crippen molar-refractivity contribution in [1.82, 2.24) is 10.2 Å². The van der Waals surface area contributed by atoms with Gasteiger partial charge in [0.05, 0.1) is 0 Å². The van der Waals surface area contributed by atoms with Gasteiger partial charge in [-0.25, -0.2) is 0 Å². The minimum Gasteiger partial charge on any atom is -0.312 e. The molecule has 3 nitrogen and oxygen atoms in total. The van der Waals surface area contributed by atoms with Crippen molar-refractivity contribution >= 4 is 11.3 Å². The lowest BCUT2D eigenvalue weighted by Gasteiger charge is -2.20. The Morgan fingerprint density at radius 2 is 2.39 bits per heavy atom. The summed E-state index contributed by atoms with van der Waals surface area (Å²) < 4.78 is 0. The van der Waals surface area contributed by atoms with Crippen LogP contribution in [0.3, 0.4) is 0 Å². The maximum Gasteiger partial charge on any atom is 0.110 e. The van der Waals surface area contributed by atoms with Crippen molar-refractivity contribution in [2.45, 2.75) is 32.9 Å². The molecule has 2 rings (SSSR count). The molecular weight excluding hydrogens is 242 g/mol. The zero-order valence-corrected chi connectivity index (χ0v) is 12.0. The van der Waals surface area contributed by atoms with E-state index in [1.807, 2.05) is 12.1 Å². The molecule has 1 aromatic heterocycles. The molecular formula is C14H21N3S. The highest BCUT2D eigenvalue weighted by Crippen LogP contribution is 2.18. The first-order valence-electron chi connectivity index (χ1n) is 6.62. The molecule has 0 amide bonds. The number of rotatable bonds is 5. The Hall–Kier alpha value is -0.890. The molecule has 0 aromatic carbocycles. The lowest BCUT2D eigenvalue weighted by molar-refractivity contribution is 0.264. The second-order valence-electron chi connectivity index (χ2n) is 5.25. The second-order valence-corrected chi connectivity index (χ2v) is 6.42. The molecule has 2 heterocycles. The molecule has 0 saturated carbocycles. The topological polar surface area (TPSA) is 39.1 Å². The van der Waals surface area contributed by atoms with Gasteiger partial charge in [-0.05, 0) is 51.4 Å². The highest BCUT2D eigenvalue weighted by Gasteiger charge is 2.23. The van der Waals surface area contributed by atoms with Crippen molar-refractivity contribution in [3.8, 4) is 6.07 Å². The van der Waals surface area contributed by atoms with E-state index in [0.717, 1.165) is 23.9 Å². The third-order valence-corrected chi connectivity index (χ3v) is 4.54. The number of hydrogen-bond acceptors (Lipinski definition) is 4. The molecule has 0 spiro atoms. The Kier molecular flexibility index (Phi) is 4.76. The second kappa shape index (κ2) is 6.33. The van der Waals surface area contributed by atoms with Gasteiger partial charge >= 0.3 is 0 Å². The maximum atomic E-state index is 8.76. The molecule has 1 N–H and O–H groups in total. The number of nitrogens with one attached hydrogen (secondary N) is 1. The summed E-state index contributed by atoms with van der Waals surface area (Å²) in [5.74, 6) is 0.780. The Morgan fingerprint density at radius 3 is 3.00 bits per heavy atom. The summed E-state index contributed by atoms with van der Waals surface area (Å²) in [6.07, 6.45) is 1.30. The average molecular weight is 263 g/mol. The van der Waals surface area contributed by atoms with E-state index in [-0.39, 0.29) is 0 Å².